The molecule has 1 unspecified atom stereocenters. The molecule has 1 aromatic heterocycles. The Balaban J connectivity index is 1.33. The van der Waals surface area contributed by atoms with Crippen LogP contribution in [-0.2, 0) is 13.0 Å². The fraction of sp³-hybridized carbons (Fsp3) is 0.464. The average Bonchev–Trinajstić information content (AvgIpc) is 3.29. The van der Waals surface area contributed by atoms with E-state index >= 15 is 0 Å². The molecule has 2 fully saturated rings. The van der Waals surface area contributed by atoms with E-state index in [2.05, 4.69) is 10.3 Å². The number of nitrogens with zero attached hydrogens (tertiary/aromatic N) is 4. The molecule has 10 heteroatoms. The number of benzene rings is 1. The predicted octanol–water partition coefficient (Wildman–Crippen LogP) is 4.09. The van der Waals surface area contributed by atoms with Crippen molar-refractivity contribution in [3.05, 3.63) is 52.7 Å². The second-order valence-electron chi connectivity index (χ2n) is 10.2. The van der Waals surface area contributed by atoms with E-state index in [4.69, 9.17) is 15.6 Å². The molecule has 10 nitrogen and oxygen atoms in total. The number of fused-ring (bicyclic) bond motifs is 1. The number of nitrogens with one attached hydrogen (secondary N) is 3. The van der Waals surface area contributed by atoms with E-state index in [1.807, 2.05) is 28.9 Å². The second kappa shape index (κ2) is 10.8. The van der Waals surface area contributed by atoms with Crippen LogP contribution in [0, 0.1) is 10.8 Å². The van der Waals surface area contributed by atoms with Gasteiger partial charge in [0.1, 0.15) is 23.1 Å². The molecule has 2 aromatic rings. The largest absolute Gasteiger partial charge is 0.496 e. The van der Waals surface area contributed by atoms with E-state index in [1.54, 1.807) is 30.2 Å². The van der Waals surface area contributed by atoms with Crippen molar-refractivity contribution in [2.75, 3.05) is 32.1 Å². The molecule has 5 rings (SSSR count). The van der Waals surface area contributed by atoms with Crippen LogP contribution in [0.5, 0.6) is 5.75 Å². The molecule has 3 aliphatic heterocycles. The molecule has 2 saturated heterocycles. The normalized spacial score (nSPS) is 19.3. The number of anilines is 1. The standard InChI is InChI=1S/C28H35N7O3/c1-18-9-10-24(29)35(18)26(30)22-7-6-8-25(31-22)32-27(36)21-15-20-17-34(14-11-19(20)16-23(21)38-2)28(37)33-12-4-3-5-13-33/h6-8,15-16,18,29-30H,3-5,9-14,17H2,1-2H3,(H,31,32,36). The minimum atomic E-state index is -0.373. The predicted molar refractivity (Wildman–Crippen MR) is 145 cm³/mol. The Morgan fingerprint density at radius 2 is 1.84 bits per heavy atom. The van der Waals surface area contributed by atoms with Gasteiger partial charge in [-0.3, -0.25) is 15.6 Å². The molecule has 1 atom stereocenters. The summed E-state index contributed by atoms with van der Waals surface area (Å²) in [7, 11) is 1.54. The van der Waals surface area contributed by atoms with Crippen molar-refractivity contribution in [1.82, 2.24) is 19.7 Å². The van der Waals surface area contributed by atoms with E-state index in [0.717, 1.165) is 43.5 Å². The maximum absolute atomic E-state index is 13.4. The summed E-state index contributed by atoms with van der Waals surface area (Å²) >= 11 is 0. The number of rotatable bonds is 4. The summed E-state index contributed by atoms with van der Waals surface area (Å²) in [5, 5.41) is 19.6. The van der Waals surface area contributed by atoms with Gasteiger partial charge in [-0.2, -0.15) is 0 Å². The Labute approximate surface area is 223 Å². The molecule has 0 saturated carbocycles. The van der Waals surface area contributed by atoms with E-state index in [1.165, 1.54) is 6.42 Å². The number of piperidine rings is 1. The average molecular weight is 518 g/mol. The van der Waals surface area contributed by atoms with Gasteiger partial charge in [-0.1, -0.05) is 6.07 Å². The Bertz CT molecular complexity index is 1270. The minimum Gasteiger partial charge on any atom is -0.496 e. The third-order valence-electron chi connectivity index (χ3n) is 7.68. The molecule has 3 N–H and O–H groups in total. The van der Waals surface area contributed by atoms with Crippen LogP contribution in [0.4, 0.5) is 10.6 Å². The van der Waals surface area contributed by atoms with Crippen LogP contribution in [0.3, 0.4) is 0 Å². The van der Waals surface area contributed by atoms with Gasteiger partial charge in [-0.25, -0.2) is 9.78 Å². The Morgan fingerprint density at radius 3 is 2.55 bits per heavy atom. The Kier molecular flexibility index (Phi) is 7.31. The van der Waals surface area contributed by atoms with Crippen molar-refractivity contribution >= 4 is 29.4 Å². The molecule has 1 aromatic carbocycles. The number of aromatic nitrogens is 1. The summed E-state index contributed by atoms with van der Waals surface area (Å²) in [6, 6.07) is 8.98. The highest BCUT2D eigenvalue weighted by Gasteiger charge is 2.30. The van der Waals surface area contributed by atoms with Gasteiger partial charge in [0.05, 0.1) is 12.7 Å². The van der Waals surface area contributed by atoms with Crippen molar-refractivity contribution < 1.29 is 14.3 Å². The highest BCUT2D eigenvalue weighted by atomic mass is 16.5. The van der Waals surface area contributed by atoms with Crippen molar-refractivity contribution in [3.63, 3.8) is 0 Å². The van der Waals surface area contributed by atoms with Gasteiger partial charge in [0, 0.05) is 38.6 Å². The molecule has 4 heterocycles. The van der Waals surface area contributed by atoms with E-state index in [0.29, 0.717) is 54.6 Å². The van der Waals surface area contributed by atoms with Crippen LogP contribution in [0.2, 0.25) is 0 Å². The number of pyridine rings is 1. The maximum atomic E-state index is 13.4. The summed E-state index contributed by atoms with van der Waals surface area (Å²) in [6.45, 7) is 4.71. The molecule has 3 amide bonds. The number of hydrogen-bond acceptors (Lipinski definition) is 6. The SMILES string of the molecule is COc1cc2c(cc1C(=O)Nc1cccc(C(=N)N3C(=N)CCC3C)n1)CN(C(=O)N1CCCCC1)CC2. The number of carbonyl (C=O) groups excluding carboxylic acids is 2. The summed E-state index contributed by atoms with van der Waals surface area (Å²) in [5.41, 5.74) is 2.79. The molecular weight excluding hydrogens is 482 g/mol. The van der Waals surface area contributed by atoms with E-state index in [-0.39, 0.29) is 23.8 Å². The molecule has 0 radical (unpaired) electrons. The Hall–Kier alpha value is -3.95. The third-order valence-corrected chi connectivity index (χ3v) is 7.68. The van der Waals surface area contributed by atoms with Crippen LogP contribution >= 0.6 is 0 Å². The van der Waals surface area contributed by atoms with Gasteiger partial charge >= 0.3 is 6.03 Å². The summed E-state index contributed by atoms with van der Waals surface area (Å²) < 4.78 is 5.56. The number of hydrogen-bond donors (Lipinski definition) is 3. The number of amidine groups is 2. The second-order valence-corrected chi connectivity index (χ2v) is 10.2. The molecule has 0 aliphatic carbocycles. The van der Waals surface area contributed by atoms with Crippen LogP contribution < -0.4 is 10.1 Å². The zero-order chi connectivity index (χ0) is 26.8. The van der Waals surface area contributed by atoms with Crippen molar-refractivity contribution in [2.45, 2.75) is 58.0 Å². The lowest BCUT2D eigenvalue weighted by Crippen LogP contribution is -2.47. The van der Waals surface area contributed by atoms with Gasteiger partial charge in [0.2, 0.25) is 0 Å². The Morgan fingerprint density at radius 1 is 1.05 bits per heavy atom. The van der Waals surface area contributed by atoms with E-state index in [9.17, 15) is 9.59 Å². The van der Waals surface area contributed by atoms with Crippen LogP contribution in [0.15, 0.2) is 30.3 Å². The summed E-state index contributed by atoms with van der Waals surface area (Å²) in [4.78, 5) is 36.4. The first kappa shape index (κ1) is 25.7. The van der Waals surface area contributed by atoms with Gasteiger partial charge in [-0.05, 0) is 74.4 Å². The zero-order valence-corrected chi connectivity index (χ0v) is 22.0. The van der Waals surface area contributed by atoms with Gasteiger partial charge < -0.3 is 24.8 Å². The number of amides is 3. The number of carbonyl (C=O) groups is 2. The van der Waals surface area contributed by atoms with Gasteiger partial charge in [0.25, 0.3) is 5.91 Å². The quantitative estimate of drug-likeness (QED) is 0.416. The minimum absolute atomic E-state index is 0.0659. The van der Waals surface area contributed by atoms with Crippen molar-refractivity contribution in [3.8, 4) is 5.75 Å². The lowest BCUT2D eigenvalue weighted by atomic mass is 9.96. The van der Waals surface area contributed by atoms with Crippen LogP contribution in [-0.4, -0.2) is 76.1 Å². The third kappa shape index (κ3) is 5.07. The monoisotopic (exact) mass is 517 g/mol. The van der Waals surface area contributed by atoms with Crippen LogP contribution in [0.1, 0.15) is 66.2 Å². The van der Waals surface area contributed by atoms with Crippen molar-refractivity contribution in [2.24, 2.45) is 0 Å². The summed E-state index contributed by atoms with van der Waals surface area (Å²) in [6.07, 6.45) is 5.45. The van der Waals surface area contributed by atoms with Crippen LogP contribution in [0.25, 0.3) is 0 Å². The smallest absolute Gasteiger partial charge is 0.320 e. The zero-order valence-electron chi connectivity index (χ0n) is 22.0. The number of methoxy groups -OCH3 is 1. The fourth-order valence-corrected chi connectivity index (χ4v) is 5.54. The van der Waals surface area contributed by atoms with Gasteiger partial charge in [-0.15, -0.1) is 0 Å². The number of urea groups is 1. The van der Waals surface area contributed by atoms with Crippen molar-refractivity contribution in [1.29, 1.82) is 10.8 Å². The first-order chi connectivity index (χ1) is 18.4. The molecule has 200 valence electrons. The maximum Gasteiger partial charge on any atom is 0.320 e. The highest BCUT2D eigenvalue weighted by Crippen LogP contribution is 2.29. The summed E-state index contributed by atoms with van der Waals surface area (Å²) in [5.74, 6) is 0.978. The highest BCUT2D eigenvalue weighted by molar-refractivity contribution is 6.08. The lowest BCUT2D eigenvalue weighted by Gasteiger charge is -2.36. The molecular formula is C28H35N7O3. The molecule has 3 aliphatic rings. The fourth-order valence-electron chi connectivity index (χ4n) is 5.54. The molecule has 38 heavy (non-hydrogen) atoms. The number of ether oxygens (including phenoxy) is 1. The topological polar surface area (TPSA) is 126 Å². The lowest BCUT2D eigenvalue weighted by molar-refractivity contribution is 0.102. The first-order valence-corrected chi connectivity index (χ1v) is 13.3. The molecule has 0 bridgehead atoms. The van der Waals surface area contributed by atoms with Gasteiger partial charge in [0.15, 0.2) is 5.84 Å². The molecule has 0 spiro atoms. The number of likely N-dealkylation sites (tertiary alicyclic amines) is 2. The first-order valence-electron chi connectivity index (χ1n) is 13.3. The van der Waals surface area contributed by atoms with E-state index < -0.39 is 0 Å².